The number of esters is 1. The summed E-state index contributed by atoms with van der Waals surface area (Å²) >= 11 is 5.67. The Kier molecular flexibility index (Phi) is 4.84. The summed E-state index contributed by atoms with van der Waals surface area (Å²) in [6.45, 7) is 7.52. The number of hydrogen-bond donors (Lipinski definition) is 0. The molecule has 0 amide bonds. The summed E-state index contributed by atoms with van der Waals surface area (Å²) < 4.78 is 4.55. The van der Waals surface area contributed by atoms with Gasteiger partial charge in [-0.3, -0.25) is 0 Å². The summed E-state index contributed by atoms with van der Waals surface area (Å²) in [5.74, 6) is -0.404. The van der Waals surface area contributed by atoms with Gasteiger partial charge in [-0.15, -0.1) is 0 Å². The van der Waals surface area contributed by atoms with Gasteiger partial charge >= 0.3 is 5.97 Å². The average molecular weight is 253 g/mol. The molecular weight excluding hydrogens is 240 g/mol. The van der Waals surface area contributed by atoms with Crippen LogP contribution in [0.5, 0.6) is 0 Å². The largest absolute Gasteiger partial charge is 0.466 e. The molecule has 0 saturated carbocycles. The van der Waals surface area contributed by atoms with E-state index < -0.39 is 5.97 Å². The summed E-state index contributed by atoms with van der Waals surface area (Å²) in [4.78, 5) is 18.9. The highest BCUT2D eigenvalue weighted by Crippen LogP contribution is 2.19. The second kappa shape index (κ2) is 6.15. The third kappa shape index (κ3) is 4.00. The van der Waals surface area contributed by atoms with E-state index in [1.165, 1.54) is 7.11 Å². The summed E-state index contributed by atoms with van der Waals surface area (Å²) in [6.07, 6.45) is 2.61. The van der Waals surface area contributed by atoms with Crippen molar-refractivity contribution in [1.82, 2.24) is 9.97 Å². The van der Waals surface area contributed by atoms with Crippen molar-refractivity contribution in [3.63, 3.8) is 0 Å². The first-order valence-corrected chi connectivity index (χ1v) is 5.35. The van der Waals surface area contributed by atoms with E-state index in [4.69, 9.17) is 11.6 Å². The van der Waals surface area contributed by atoms with Crippen molar-refractivity contribution in [1.29, 1.82) is 0 Å². The monoisotopic (exact) mass is 252 g/mol. The molecule has 0 aliphatic heterocycles. The van der Waals surface area contributed by atoms with Gasteiger partial charge in [0.15, 0.2) is 0 Å². The maximum absolute atomic E-state index is 11.1. The van der Waals surface area contributed by atoms with Gasteiger partial charge in [0.2, 0.25) is 5.28 Å². The van der Waals surface area contributed by atoms with Gasteiger partial charge in [0.25, 0.3) is 0 Å². The van der Waals surface area contributed by atoms with E-state index in [0.717, 1.165) is 5.57 Å². The number of halogens is 1. The van der Waals surface area contributed by atoms with Crippen molar-refractivity contribution in [2.45, 2.75) is 12.8 Å². The van der Waals surface area contributed by atoms with Gasteiger partial charge in [-0.2, -0.15) is 0 Å². The van der Waals surface area contributed by atoms with Gasteiger partial charge in [0.1, 0.15) is 0 Å². The fourth-order valence-electron chi connectivity index (χ4n) is 1.21. The average Bonchev–Trinajstić information content (AvgIpc) is 2.34. The Hall–Kier alpha value is -1.68. The molecule has 0 fully saturated rings. The lowest BCUT2D eigenvalue weighted by Gasteiger charge is -2.06. The van der Waals surface area contributed by atoms with E-state index in [9.17, 15) is 4.79 Å². The van der Waals surface area contributed by atoms with Gasteiger partial charge in [0, 0.05) is 11.8 Å². The number of rotatable bonds is 5. The topological polar surface area (TPSA) is 52.1 Å². The molecule has 0 aliphatic carbocycles. The fraction of sp³-hybridized carbons (Fsp3) is 0.250. The first kappa shape index (κ1) is 13.4. The molecule has 0 bridgehead atoms. The number of hydrogen-bond acceptors (Lipinski definition) is 4. The van der Waals surface area contributed by atoms with E-state index in [1.54, 1.807) is 12.3 Å². The van der Waals surface area contributed by atoms with Crippen LogP contribution >= 0.6 is 11.6 Å². The van der Waals surface area contributed by atoms with Crippen molar-refractivity contribution in [3.05, 3.63) is 42.0 Å². The van der Waals surface area contributed by atoms with Crippen LogP contribution in [-0.2, 0) is 9.53 Å². The Morgan fingerprint density at radius 1 is 1.47 bits per heavy atom. The van der Waals surface area contributed by atoms with Crippen molar-refractivity contribution in [2.75, 3.05) is 7.11 Å². The number of ether oxygens (including phenoxy) is 1. The number of aromatic nitrogens is 2. The zero-order valence-corrected chi connectivity index (χ0v) is 10.3. The molecular formula is C12H13ClN2O2. The number of nitrogens with zero attached hydrogens (tertiary/aromatic N) is 2. The number of allylic oxidation sites excluding steroid dienone is 1. The minimum absolute atomic E-state index is 0.176. The highest BCUT2D eigenvalue weighted by molar-refractivity contribution is 6.28. The van der Waals surface area contributed by atoms with Crippen LogP contribution in [0.4, 0.5) is 0 Å². The molecule has 1 heterocycles. The molecule has 1 aromatic heterocycles. The Morgan fingerprint density at radius 3 is 2.76 bits per heavy atom. The Bertz CT molecular complexity index is 458. The molecule has 17 heavy (non-hydrogen) atoms. The maximum Gasteiger partial charge on any atom is 0.333 e. The smallest absolute Gasteiger partial charge is 0.333 e. The van der Waals surface area contributed by atoms with Crippen molar-refractivity contribution < 1.29 is 9.53 Å². The van der Waals surface area contributed by atoms with E-state index >= 15 is 0 Å². The molecule has 1 aromatic rings. The molecule has 90 valence electrons. The van der Waals surface area contributed by atoms with Crippen LogP contribution in [0.15, 0.2) is 31.0 Å². The predicted molar refractivity (Wildman–Crippen MR) is 66.5 cm³/mol. The van der Waals surface area contributed by atoms with Gasteiger partial charge in [-0.1, -0.05) is 13.2 Å². The summed E-state index contributed by atoms with van der Waals surface area (Å²) in [5.41, 5.74) is 1.86. The zero-order chi connectivity index (χ0) is 12.8. The molecule has 5 heteroatoms. The molecule has 0 saturated heterocycles. The molecule has 0 radical (unpaired) electrons. The molecule has 0 aromatic carbocycles. The normalized spacial score (nSPS) is 9.76. The summed E-state index contributed by atoms with van der Waals surface area (Å²) in [7, 11) is 1.33. The lowest BCUT2D eigenvalue weighted by atomic mass is 10.0. The number of carbonyl (C=O) groups excluding carboxylic acids is 1. The van der Waals surface area contributed by atoms with Crippen molar-refractivity contribution in [2.24, 2.45) is 0 Å². The predicted octanol–water partition coefficient (Wildman–Crippen LogP) is 2.65. The molecule has 0 aliphatic rings. The number of methoxy groups -OCH3 is 1. The van der Waals surface area contributed by atoms with Crippen molar-refractivity contribution >= 4 is 23.1 Å². The lowest BCUT2D eigenvalue weighted by molar-refractivity contribution is -0.136. The number of carbonyl (C=O) groups is 1. The Morgan fingerprint density at radius 2 is 2.18 bits per heavy atom. The van der Waals surface area contributed by atoms with Crippen LogP contribution in [0.1, 0.15) is 18.5 Å². The summed E-state index contributed by atoms with van der Waals surface area (Å²) in [6, 6.07) is 1.72. The SMILES string of the molecule is C=C(CCC(=C)c1ccnc(Cl)n1)C(=O)OC. The van der Waals surface area contributed by atoms with Gasteiger partial charge in [-0.05, 0) is 36.1 Å². The van der Waals surface area contributed by atoms with Gasteiger partial charge < -0.3 is 4.74 Å². The molecule has 0 spiro atoms. The van der Waals surface area contributed by atoms with Crippen LogP contribution in [0.3, 0.4) is 0 Å². The molecule has 0 atom stereocenters. The van der Waals surface area contributed by atoms with E-state index in [-0.39, 0.29) is 5.28 Å². The van der Waals surface area contributed by atoms with Gasteiger partial charge in [0.05, 0.1) is 12.8 Å². The van der Waals surface area contributed by atoms with Crippen LogP contribution in [0.2, 0.25) is 5.28 Å². The Balaban J connectivity index is 2.56. The minimum atomic E-state index is -0.404. The molecule has 0 unspecified atom stereocenters. The van der Waals surface area contributed by atoms with E-state index in [2.05, 4.69) is 27.9 Å². The minimum Gasteiger partial charge on any atom is -0.466 e. The van der Waals surface area contributed by atoms with Crippen molar-refractivity contribution in [3.8, 4) is 0 Å². The third-order valence-electron chi connectivity index (χ3n) is 2.19. The highest BCUT2D eigenvalue weighted by atomic mass is 35.5. The van der Waals surface area contributed by atoms with Crippen LogP contribution in [0.25, 0.3) is 5.57 Å². The van der Waals surface area contributed by atoms with Crippen LogP contribution in [-0.4, -0.2) is 23.0 Å². The first-order valence-electron chi connectivity index (χ1n) is 4.97. The van der Waals surface area contributed by atoms with E-state index in [0.29, 0.717) is 24.1 Å². The standard InChI is InChI=1S/C12H13ClN2O2/c1-8(4-5-9(2)11(16)17-3)10-6-7-14-12(13)15-10/h6-7H,1-2,4-5H2,3H3. The zero-order valence-electron chi connectivity index (χ0n) is 9.57. The molecule has 1 rings (SSSR count). The first-order chi connectivity index (χ1) is 8.04. The molecule has 0 N–H and O–H groups in total. The fourth-order valence-corrected chi connectivity index (χ4v) is 1.36. The lowest BCUT2D eigenvalue weighted by Crippen LogP contribution is -2.03. The van der Waals surface area contributed by atoms with Gasteiger partial charge in [-0.25, -0.2) is 14.8 Å². The maximum atomic E-state index is 11.1. The van der Waals surface area contributed by atoms with E-state index in [1.807, 2.05) is 0 Å². The van der Waals surface area contributed by atoms with Crippen LogP contribution in [0, 0.1) is 0 Å². The highest BCUT2D eigenvalue weighted by Gasteiger charge is 2.08. The second-order valence-corrected chi connectivity index (χ2v) is 3.75. The van der Waals surface area contributed by atoms with Crippen LogP contribution < -0.4 is 0 Å². The third-order valence-corrected chi connectivity index (χ3v) is 2.37. The second-order valence-electron chi connectivity index (χ2n) is 3.41. The quantitative estimate of drug-likeness (QED) is 0.459. The Labute approximate surface area is 105 Å². The molecule has 4 nitrogen and oxygen atoms in total. The summed E-state index contributed by atoms with van der Waals surface area (Å²) in [5, 5.41) is 0.176.